The minimum Gasteiger partial charge on any atom is -0.393 e. The first kappa shape index (κ1) is 14.3. The van der Waals surface area contributed by atoms with Crippen molar-refractivity contribution in [3.8, 4) is 0 Å². The topological polar surface area (TPSA) is 23.5 Å². The Bertz CT molecular complexity index is 264. The predicted molar refractivity (Wildman–Crippen MR) is 76.6 cm³/mol. The molecule has 2 heteroatoms. The van der Waals surface area contributed by atoms with Crippen LogP contribution >= 0.6 is 0 Å². The molecule has 0 radical (unpaired) electrons. The maximum absolute atomic E-state index is 10.2. The van der Waals surface area contributed by atoms with Gasteiger partial charge in [0.15, 0.2) is 0 Å². The third-order valence-corrected chi connectivity index (χ3v) is 5.10. The van der Waals surface area contributed by atoms with Gasteiger partial charge in [0.1, 0.15) is 0 Å². The summed E-state index contributed by atoms with van der Waals surface area (Å²) in [5.74, 6) is 1.38. The Balaban J connectivity index is 1.87. The Hall–Kier alpha value is -0.0800. The van der Waals surface area contributed by atoms with E-state index in [4.69, 9.17) is 0 Å². The molecule has 2 aliphatic rings. The monoisotopic (exact) mass is 253 g/mol. The number of rotatable bonds is 3. The molecule has 3 atom stereocenters. The lowest BCUT2D eigenvalue weighted by molar-refractivity contribution is 0.0105. The van der Waals surface area contributed by atoms with Gasteiger partial charge in [0.25, 0.3) is 0 Å². The molecule has 2 rings (SSSR count). The summed E-state index contributed by atoms with van der Waals surface area (Å²) in [6.07, 6.45) is 7.43. The molecule has 3 unspecified atom stereocenters. The molecule has 1 heterocycles. The number of hydrogen-bond donors (Lipinski definition) is 1. The molecule has 106 valence electrons. The summed E-state index contributed by atoms with van der Waals surface area (Å²) in [5.41, 5.74) is 0.474. The van der Waals surface area contributed by atoms with Crippen LogP contribution in [0.5, 0.6) is 0 Å². The number of aliphatic hydroxyl groups excluding tert-OH is 1. The van der Waals surface area contributed by atoms with Gasteiger partial charge in [-0.25, -0.2) is 0 Å². The van der Waals surface area contributed by atoms with Crippen LogP contribution in [-0.2, 0) is 0 Å². The molecule has 0 spiro atoms. The van der Waals surface area contributed by atoms with Gasteiger partial charge >= 0.3 is 0 Å². The molecule has 1 aliphatic carbocycles. The molecule has 1 N–H and O–H groups in total. The summed E-state index contributed by atoms with van der Waals surface area (Å²) in [7, 11) is 0. The van der Waals surface area contributed by atoms with Gasteiger partial charge < -0.3 is 10.0 Å². The summed E-state index contributed by atoms with van der Waals surface area (Å²) < 4.78 is 0. The highest BCUT2D eigenvalue weighted by molar-refractivity contribution is 4.85. The molecule has 0 aromatic rings. The first-order valence-corrected chi connectivity index (χ1v) is 7.90. The van der Waals surface area contributed by atoms with Crippen LogP contribution in [0.4, 0.5) is 0 Å². The summed E-state index contributed by atoms with van der Waals surface area (Å²) in [4.78, 5) is 2.61. The van der Waals surface area contributed by atoms with Gasteiger partial charge in [-0.15, -0.1) is 0 Å². The number of likely N-dealkylation sites (tertiary alicyclic amines) is 1. The predicted octanol–water partition coefficient (Wildman–Crippen LogP) is 3.30. The van der Waals surface area contributed by atoms with E-state index in [1.165, 1.54) is 45.2 Å². The summed E-state index contributed by atoms with van der Waals surface area (Å²) in [6, 6.07) is 0. The average Bonchev–Trinajstić information content (AvgIpc) is 2.31. The largest absolute Gasteiger partial charge is 0.393 e. The Labute approximate surface area is 113 Å². The van der Waals surface area contributed by atoms with Crippen molar-refractivity contribution in [2.24, 2.45) is 17.3 Å². The molecule has 18 heavy (non-hydrogen) atoms. The standard InChI is InChI=1S/C16H31NO/c1-4-13-6-7-15(18)14(10-13)11-17-9-5-8-16(2,3)12-17/h13-15,18H,4-12H2,1-3H3. The zero-order chi connectivity index (χ0) is 13.2. The van der Waals surface area contributed by atoms with Crippen molar-refractivity contribution >= 4 is 0 Å². The van der Waals surface area contributed by atoms with E-state index in [0.29, 0.717) is 11.3 Å². The highest BCUT2D eigenvalue weighted by Crippen LogP contribution is 2.34. The van der Waals surface area contributed by atoms with Crippen molar-refractivity contribution in [2.75, 3.05) is 19.6 Å². The smallest absolute Gasteiger partial charge is 0.0580 e. The minimum absolute atomic E-state index is 0.0437. The Morgan fingerprint density at radius 1 is 1.28 bits per heavy atom. The molecular weight excluding hydrogens is 222 g/mol. The molecule has 0 amide bonds. The fraction of sp³-hybridized carbons (Fsp3) is 1.00. The fourth-order valence-corrected chi connectivity index (χ4v) is 3.94. The Morgan fingerprint density at radius 3 is 2.72 bits per heavy atom. The molecule has 0 aromatic heterocycles. The minimum atomic E-state index is -0.0437. The lowest BCUT2D eigenvalue weighted by atomic mass is 9.77. The molecule has 1 saturated carbocycles. The summed E-state index contributed by atoms with van der Waals surface area (Å²) in [5, 5.41) is 10.2. The average molecular weight is 253 g/mol. The number of nitrogens with zero attached hydrogens (tertiary/aromatic N) is 1. The lowest BCUT2D eigenvalue weighted by Crippen LogP contribution is -2.45. The Morgan fingerprint density at radius 2 is 2.06 bits per heavy atom. The van der Waals surface area contributed by atoms with E-state index in [-0.39, 0.29) is 6.10 Å². The van der Waals surface area contributed by atoms with Crippen LogP contribution in [0.3, 0.4) is 0 Å². The second-order valence-electron chi connectivity index (χ2n) is 7.42. The van der Waals surface area contributed by atoms with Gasteiger partial charge in [0, 0.05) is 13.1 Å². The third-order valence-electron chi connectivity index (χ3n) is 5.10. The van der Waals surface area contributed by atoms with Crippen molar-refractivity contribution in [3.63, 3.8) is 0 Å². The van der Waals surface area contributed by atoms with E-state index in [2.05, 4.69) is 25.7 Å². The Kier molecular flexibility index (Phi) is 4.71. The van der Waals surface area contributed by atoms with Gasteiger partial charge in [-0.3, -0.25) is 0 Å². The maximum atomic E-state index is 10.2. The zero-order valence-electron chi connectivity index (χ0n) is 12.5. The number of hydrogen-bond acceptors (Lipinski definition) is 2. The molecule has 1 saturated heterocycles. The van der Waals surface area contributed by atoms with Gasteiger partial charge in [0.05, 0.1) is 6.10 Å². The van der Waals surface area contributed by atoms with Gasteiger partial charge in [0.2, 0.25) is 0 Å². The highest BCUT2D eigenvalue weighted by atomic mass is 16.3. The van der Waals surface area contributed by atoms with E-state index in [0.717, 1.165) is 18.9 Å². The van der Waals surface area contributed by atoms with Gasteiger partial charge in [-0.2, -0.15) is 0 Å². The van der Waals surface area contributed by atoms with Crippen LogP contribution in [0.25, 0.3) is 0 Å². The van der Waals surface area contributed by atoms with Crippen molar-refractivity contribution in [1.29, 1.82) is 0 Å². The first-order chi connectivity index (χ1) is 8.50. The van der Waals surface area contributed by atoms with E-state index in [1.54, 1.807) is 0 Å². The van der Waals surface area contributed by atoms with Crippen LogP contribution < -0.4 is 0 Å². The van der Waals surface area contributed by atoms with Crippen molar-refractivity contribution in [2.45, 2.75) is 65.4 Å². The van der Waals surface area contributed by atoms with Gasteiger partial charge in [-0.05, 0) is 55.9 Å². The van der Waals surface area contributed by atoms with Crippen LogP contribution in [0.1, 0.15) is 59.3 Å². The van der Waals surface area contributed by atoms with Gasteiger partial charge in [-0.1, -0.05) is 27.2 Å². The number of piperidine rings is 1. The van der Waals surface area contributed by atoms with E-state index < -0.39 is 0 Å². The molecule has 0 bridgehead atoms. The fourth-order valence-electron chi connectivity index (χ4n) is 3.94. The quantitative estimate of drug-likeness (QED) is 0.834. The molecule has 2 fully saturated rings. The molecule has 0 aromatic carbocycles. The van der Waals surface area contributed by atoms with Crippen LogP contribution in [0.2, 0.25) is 0 Å². The SMILES string of the molecule is CCC1CCC(O)C(CN2CCCC(C)(C)C2)C1. The van der Waals surface area contributed by atoms with Crippen LogP contribution in [0.15, 0.2) is 0 Å². The van der Waals surface area contributed by atoms with Crippen molar-refractivity contribution < 1.29 is 5.11 Å². The van der Waals surface area contributed by atoms with E-state index in [9.17, 15) is 5.11 Å². The zero-order valence-corrected chi connectivity index (χ0v) is 12.5. The molecule has 2 nitrogen and oxygen atoms in total. The van der Waals surface area contributed by atoms with E-state index in [1.807, 2.05) is 0 Å². The van der Waals surface area contributed by atoms with Crippen molar-refractivity contribution in [1.82, 2.24) is 4.90 Å². The second-order valence-corrected chi connectivity index (χ2v) is 7.42. The first-order valence-electron chi connectivity index (χ1n) is 7.90. The number of aliphatic hydroxyl groups is 1. The maximum Gasteiger partial charge on any atom is 0.0580 e. The van der Waals surface area contributed by atoms with Crippen LogP contribution in [0, 0.1) is 17.3 Å². The normalized spacial score (nSPS) is 37.7. The summed E-state index contributed by atoms with van der Waals surface area (Å²) >= 11 is 0. The second kappa shape index (κ2) is 5.92. The molecule has 1 aliphatic heterocycles. The summed E-state index contributed by atoms with van der Waals surface area (Å²) in [6.45, 7) is 10.6. The lowest BCUT2D eigenvalue weighted by Gasteiger charge is -2.42. The third kappa shape index (κ3) is 3.71. The molecular formula is C16H31NO. The van der Waals surface area contributed by atoms with Crippen LogP contribution in [-0.4, -0.2) is 35.7 Å². The van der Waals surface area contributed by atoms with Crippen molar-refractivity contribution in [3.05, 3.63) is 0 Å². The highest BCUT2D eigenvalue weighted by Gasteiger charge is 2.32. The van der Waals surface area contributed by atoms with E-state index >= 15 is 0 Å².